The molecule has 2 aromatic heterocycles. The zero-order valence-corrected chi connectivity index (χ0v) is 15.6. The molecule has 136 valence electrons. The van der Waals surface area contributed by atoms with Gasteiger partial charge in [0.1, 0.15) is 11.6 Å². The molecule has 0 aliphatic carbocycles. The summed E-state index contributed by atoms with van der Waals surface area (Å²) in [5, 5.41) is 16.9. The number of hydrogen-bond donors (Lipinski definition) is 1. The van der Waals surface area contributed by atoms with Crippen LogP contribution in [0.15, 0.2) is 6.20 Å². The molecule has 0 amide bonds. The lowest BCUT2D eigenvalue weighted by atomic mass is 9.95. The molecular weight excluding hydrogens is 314 g/mol. The molecule has 4 rings (SSSR count). The summed E-state index contributed by atoms with van der Waals surface area (Å²) in [7, 11) is 0. The molecule has 0 bridgehead atoms. The first-order valence-corrected chi connectivity index (χ1v) is 9.51. The lowest BCUT2D eigenvalue weighted by Crippen LogP contribution is -2.34. The van der Waals surface area contributed by atoms with Crippen LogP contribution in [0.3, 0.4) is 0 Å². The van der Waals surface area contributed by atoms with Crippen molar-refractivity contribution in [3.63, 3.8) is 0 Å². The molecule has 1 fully saturated rings. The second-order valence-corrected chi connectivity index (χ2v) is 7.67. The van der Waals surface area contributed by atoms with Crippen molar-refractivity contribution in [1.82, 2.24) is 34.8 Å². The van der Waals surface area contributed by atoms with Crippen molar-refractivity contribution in [1.29, 1.82) is 0 Å². The third-order valence-electron chi connectivity index (χ3n) is 5.55. The monoisotopic (exact) mass is 343 g/mol. The Hall–Kier alpha value is -1.73. The Labute approximate surface area is 149 Å². The Morgan fingerprint density at radius 2 is 2.00 bits per heavy atom. The number of nitrogens with zero attached hydrogens (tertiary/aromatic N) is 6. The van der Waals surface area contributed by atoms with E-state index in [4.69, 9.17) is 0 Å². The van der Waals surface area contributed by atoms with E-state index < -0.39 is 0 Å². The maximum atomic E-state index is 4.64. The third-order valence-corrected chi connectivity index (χ3v) is 5.55. The molecule has 0 aromatic carbocycles. The van der Waals surface area contributed by atoms with E-state index in [-0.39, 0.29) is 0 Å². The summed E-state index contributed by atoms with van der Waals surface area (Å²) in [6.07, 6.45) is 4.56. The maximum absolute atomic E-state index is 4.64. The second-order valence-electron chi connectivity index (χ2n) is 7.67. The van der Waals surface area contributed by atoms with E-state index in [1.165, 1.54) is 24.2 Å². The number of nitrogens with one attached hydrogen (secondary N) is 1. The van der Waals surface area contributed by atoms with Crippen molar-refractivity contribution in [2.24, 2.45) is 0 Å². The topological polar surface area (TPSA) is 63.8 Å². The first-order valence-electron chi connectivity index (χ1n) is 9.51. The van der Waals surface area contributed by atoms with Crippen molar-refractivity contribution in [3.05, 3.63) is 29.1 Å². The van der Waals surface area contributed by atoms with E-state index in [1.54, 1.807) is 0 Å². The fraction of sp³-hybridized carbons (Fsp3) is 0.722. The molecule has 0 saturated carbocycles. The van der Waals surface area contributed by atoms with Crippen LogP contribution in [0.25, 0.3) is 0 Å². The highest BCUT2D eigenvalue weighted by Crippen LogP contribution is 2.28. The zero-order chi connectivity index (χ0) is 17.4. The minimum atomic E-state index is 0.423. The van der Waals surface area contributed by atoms with Gasteiger partial charge in [0.2, 0.25) is 0 Å². The summed E-state index contributed by atoms with van der Waals surface area (Å²) in [4.78, 5) is 2.56. The standard InChI is InChI=1S/C18H29N7/c1-13(2)25-12-16(14(3)22-25)11-23-7-4-15(5-8-23)18-21-20-17-10-19-6-9-24(17)18/h12-13,15,19H,4-11H2,1-3H3. The molecular formula is C18H29N7. The van der Waals surface area contributed by atoms with Gasteiger partial charge < -0.3 is 9.88 Å². The highest BCUT2D eigenvalue weighted by atomic mass is 15.3. The summed E-state index contributed by atoms with van der Waals surface area (Å²) < 4.78 is 4.42. The molecule has 2 aliphatic heterocycles. The highest BCUT2D eigenvalue weighted by Gasteiger charge is 2.27. The van der Waals surface area contributed by atoms with Gasteiger partial charge in [0.15, 0.2) is 0 Å². The van der Waals surface area contributed by atoms with Crippen molar-refractivity contribution >= 4 is 0 Å². The summed E-state index contributed by atoms with van der Waals surface area (Å²) in [6, 6.07) is 0.423. The first-order chi connectivity index (χ1) is 12.1. The van der Waals surface area contributed by atoms with E-state index in [2.05, 4.69) is 61.7 Å². The lowest BCUT2D eigenvalue weighted by molar-refractivity contribution is 0.199. The lowest BCUT2D eigenvalue weighted by Gasteiger charge is -2.32. The highest BCUT2D eigenvalue weighted by molar-refractivity contribution is 5.16. The SMILES string of the molecule is Cc1nn(C(C)C)cc1CN1CCC(c2nnc3n2CCNC3)CC1. The van der Waals surface area contributed by atoms with Crippen molar-refractivity contribution in [3.8, 4) is 0 Å². The van der Waals surface area contributed by atoms with Gasteiger partial charge in [-0.05, 0) is 46.7 Å². The molecule has 0 radical (unpaired) electrons. The van der Waals surface area contributed by atoms with Crippen LogP contribution in [-0.2, 0) is 19.6 Å². The van der Waals surface area contributed by atoms with Crippen LogP contribution in [0.2, 0.25) is 0 Å². The van der Waals surface area contributed by atoms with E-state index >= 15 is 0 Å². The average molecular weight is 343 g/mol. The third kappa shape index (κ3) is 3.35. The number of hydrogen-bond acceptors (Lipinski definition) is 5. The van der Waals surface area contributed by atoms with Gasteiger partial charge in [0, 0.05) is 43.4 Å². The quantitative estimate of drug-likeness (QED) is 0.918. The average Bonchev–Trinajstić information content (AvgIpc) is 3.20. The number of likely N-dealkylation sites (tertiary alicyclic amines) is 1. The van der Waals surface area contributed by atoms with Crippen LogP contribution in [0, 0.1) is 6.92 Å². The fourth-order valence-electron chi connectivity index (χ4n) is 3.95. The van der Waals surface area contributed by atoms with E-state index in [1.807, 2.05) is 0 Å². The number of piperidine rings is 1. The zero-order valence-electron chi connectivity index (χ0n) is 15.6. The Balaban J connectivity index is 1.38. The molecule has 25 heavy (non-hydrogen) atoms. The van der Waals surface area contributed by atoms with Crippen LogP contribution >= 0.6 is 0 Å². The smallest absolute Gasteiger partial charge is 0.147 e. The number of rotatable bonds is 4. The van der Waals surface area contributed by atoms with Gasteiger partial charge in [0.05, 0.1) is 12.2 Å². The Morgan fingerprint density at radius 1 is 1.20 bits per heavy atom. The van der Waals surface area contributed by atoms with Crippen LogP contribution < -0.4 is 5.32 Å². The fourth-order valence-corrected chi connectivity index (χ4v) is 3.95. The molecule has 0 unspecified atom stereocenters. The predicted molar refractivity (Wildman–Crippen MR) is 96.3 cm³/mol. The Morgan fingerprint density at radius 3 is 2.72 bits per heavy atom. The molecule has 7 heteroatoms. The van der Waals surface area contributed by atoms with Gasteiger partial charge in [-0.25, -0.2) is 0 Å². The van der Waals surface area contributed by atoms with E-state index in [0.717, 1.165) is 50.8 Å². The minimum Gasteiger partial charge on any atom is -0.312 e. The van der Waals surface area contributed by atoms with Crippen molar-refractivity contribution < 1.29 is 0 Å². The van der Waals surface area contributed by atoms with Gasteiger partial charge in [-0.3, -0.25) is 9.58 Å². The Kier molecular flexibility index (Phi) is 4.60. The molecule has 0 atom stereocenters. The largest absolute Gasteiger partial charge is 0.312 e. The van der Waals surface area contributed by atoms with E-state index in [9.17, 15) is 0 Å². The summed E-state index contributed by atoms with van der Waals surface area (Å²) >= 11 is 0. The normalized spacial score (nSPS) is 19.5. The van der Waals surface area contributed by atoms with Crippen LogP contribution in [-0.4, -0.2) is 49.1 Å². The maximum Gasteiger partial charge on any atom is 0.147 e. The number of fused-ring (bicyclic) bond motifs is 1. The minimum absolute atomic E-state index is 0.423. The molecule has 7 nitrogen and oxygen atoms in total. The van der Waals surface area contributed by atoms with Gasteiger partial charge in [-0.2, -0.15) is 5.10 Å². The van der Waals surface area contributed by atoms with Crippen LogP contribution in [0.4, 0.5) is 0 Å². The molecule has 1 N–H and O–H groups in total. The molecule has 4 heterocycles. The number of aromatic nitrogens is 5. The molecule has 1 saturated heterocycles. The molecule has 0 spiro atoms. The van der Waals surface area contributed by atoms with E-state index in [0.29, 0.717) is 12.0 Å². The van der Waals surface area contributed by atoms with Crippen LogP contribution in [0.1, 0.15) is 61.6 Å². The van der Waals surface area contributed by atoms with Crippen LogP contribution in [0.5, 0.6) is 0 Å². The first kappa shape index (κ1) is 16.7. The second kappa shape index (κ2) is 6.88. The summed E-state index contributed by atoms with van der Waals surface area (Å²) in [6.45, 7) is 12.6. The summed E-state index contributed by atoms with van der Waals surface area (Å²) in [5.41, 5.74) is 2.52. The Bertz CT molecular complexity index is 722. The van der Waals surface area contributed by atoms with Gasteiger partial charge in [-0.1, -0.05) is 0 Å². The molecule has 2 aromatic rings. The van der Waals surface area contributed by atoms with Crippen molar-refractivity contribution in [2.45, 2.75) is 65.2 Å². The van der Waals surface area contributed by atoms with Gasteiger partial charge in [-0.15, -0.1) is 10.2 Å². The van der Waals surface area contributed by atoms with Gasteiger partial charge >= 0.3 is 0 Å². The predicted octanol–water partition coefficient (Wildman–Crippen LogP) is 1.85. The van der Waals surface area contributed by atoms with Crippen molar-refractivity contribution in [2.75, 3.05) is 19.6 Å². The van der Waals surface area contributed by atoms with Gasteiger partial charge in [0.25, 0.3) is 0 Å². The molecule has 2 aliphatic rings. The summed E-state index contributed by atoms with van der Waals surface area (Å²) in [5.74, 6) is 2.86. The number of aryl methyl sites for hydroxylation is 1.